The van der Waals surface area contributed by atoms with Crippen molar-refractivity contribution in [1.82, 2.24) is 0 Å². The summed E-state index contributed by atoms with van der Waals surface area (Å²) in [6.45, 7) is 16.7. The standard InChI is InChI=1S/C16H34/c1-8-11-16(15(9-2)10-3)14(7)13(6)12(4)5/h12-16H,8-11H2,1-7H3. The fraction of sp³-hybridized carbons (Fsp3) is 1.00. The van der Waals surface area contributed by atoms with Crippen molar-refractivity contribution in [2.24, 2.45) is 29.6 Å². The predicted molar refractivity (Wildman–Crippen MR) is 75.6 cm³/mol. The summed E-state index contributed by atoms with van der Waals surface area (Å²) < 4.78 is 0. The van der Waals surface area contributed by atoms with Crippen LogP contribution in [0.4, 0.5) is 0 Å². The molecule has 0 saturated heterocycles. The molecule has 0 heteroatoms. The lowest BCUT2D eigenvalue weighted by atomic mass is 9.70. The average molecular weight is 226 g/mol. The average Bonchev–Trinajstić information content (AvgIpc) is 2.27. The first-order chi connectivity index (χ1) is 7.49. The van der Waals surface area contributed by atoms with Crippen molar-refractivity contribution in [1.29, 1.82) is 0 Å². The minimum atomic E-state index is 0.823. The molecule has 0 nitrogen and oxygen atoms in total. The Kier molecular flexibility index (Phi) is 8.14. The molecule has 0 saturated carbocycles. The maximum absolute atomic E-state index is 2.49. The molecular formula is C16H34. The van der Waals surface area contributed by atoms with Gasteiger partial charge < -0.3 is 0 Å². The zero-order valence-electron chi connectivity index (χ0n) is 12.7. The molecule has 0 aliphatic rings. The third-order valence-corrected chi connectivity index (χ3v) is 4.83. The smallest absolute Gasteiger partial charge is 0.0358 e. The molecule has 98 valence electrons. The molecule has 0 aromatic heterocycles. The van der Waals surface area contributed by atoms with Crippen molar-refractivity contribution in [3.63, 3.8) is 0 Å². The van der Waals surface area contributed by atoms with E-state index in [-0.39, 0.29) is 0 Å². The molecule has 0 radical (unpaired) electrons. The Morgan fingerprint density at radius 3 is 1.56 bits per heavy atom. The van der Waals surface area contributed by atoms with Gasteiger partial charge in [-0.25, -0.2) is 0 Å². The van der Waals surface area contributed by atoms with Crippen LogP contribution in [-0.2, 0) is 0 Å². The van der Waals surface area contributed by atoms with E-state index < -0.39 is 0 Å². The predicted octanol–water partition coefficient (Wildman–Crippen LogP) is 5.77. The summed E-state index contributed by atoms with van der Waals surface area (Å²) in [5, 5.41) is 0. The van der Waals surface area contributed by atoms with Crippen molar-refractivity contribution in [2.75, 3.05) is 0 Å². The maximum atomic E-state index is 2.49. The second-order valence-electron chi connectivity index (χ2n) is 5.99. The molecule has 0 aliphatic carbocycles. The highest BCUT2D eigenvalue weighted by Crippen LogP contribution is 2.36. The van der Waals surface area contributed by atoms with Crippen molar-refractivity contribution >= 4 is 0 Å². The first-order valence-electron chi connectivity index (χ1n) is 7.49. The first kappa shape index (κ1) is 16.0. The van der Waals surface area contributed by atoms with Gasteiger partial charge in [-0.15, -0.1) is 0 Å². The van der Waals surface area contributed by atoms with E-state index in [1.54, 1.807) is 0 Å². The highest BCUT2D eigenvalue weighted by atomic mass is 14.3. The van der Waals surface area contributed by atoms with Crippen LogP contribution in [0.1, 0.15) is 74.1 Å². The summed E-state index contributed by atoms with van der Waals surface area (Å²) in [6.07, 6.45) is 5.48. The SMILES string of the molecule is CCCC(C(CC)CC)C(C)C(C)C(C)C. The van der Waals surface area contributed by atoms with Gasteiger partial charge in [0.2, 0.25) is 0 Å². The van der Waals surface area contributed by atoms with Crippen LogP contribution < -0.4 is 0 Å². The van der Waals surface area contributed by atoms with E-state index in [0.29, 0.717) is 0 Å². The van der Waals surface area contributed by atoms with E-state index in [9.17, 15) is 0 Å². The van der Waals surface area contributed by atoms with Crippen LogP contribution in [0.15, 0.2) is 0 Å². The van der Waals surface area contributed by atoms with Crippen LogP contribution in [-0.4, -0.2) is 0 Å². The van der Waals surface area contributed by atoms with Crippen LogP contribution in [0.5, 0.6) is 0 Å². The second kappa shape index (κ2) is 8.14. The third-order valence-electron chi connectivity index (χ3n) is 4.83. The van der Waals surface area contributed by atoms with Crippen molar-refractivity contribution in [3.8, 4) is 0 Å². The molecule has 0 amide bonds. The Balaban J connectivity index is 4.61. The Labute approximate surface area is 104 Å². The zero-order chi connectivity index (χ0) is 12.7. The quantitative estimate of drug-likeness (QED) is 0.493. The molecule has 16 heavy (non-hydrogen) atoms. The Hall–Kier alpha value is 0. The maximum Gasteiger partial charge on any atom is -0.0358 e. The molecule has 0 bridgehead atoms. The molecule has 0 spiro atoms. The van der Waals surface area contributed by atoms with Gasteiger partial charge in [-0.1, -0.05) is 74.1 Å². The Morgan fingerprint density at radius 2 is 1.25 bits per heavy atom. The van der Waals surface area contributed by atoms with Crippen LogP contribution in [0.3, 0.4) is 0 Å². The topological polar surface area (TPSA) is 0 Å². The summed E-state index contributed by atoms with van der Waals surface area (Å²) in [5.74, 6) is 4.44. The third kappa shape index (κ3) is 4.47. The molecule has 0 rings (SSSR count). The summed E-state index contributed by atoms with van der Waals surface area (Å²) in [5.41, 5.74) is 0. The minimum absolute atomic E-state index is 0.823. The van der Waals surface area contributed by atoms with Gasteiger partial charge in [0.1, 0.15) is 0 Å². The molecule has 0 aromatic carbocycles. The zero-order valence-corrected chi connectivity index (χ0v) is 12.7. The molecule has 0 aromatic rings. The van der Waals surface area contributed by atoms with Crippen molar-refractivity contribution in [3.05, 3.63) is 0 Å². The van der Waals surface area contributed by atoms with E-state index >= 15 is 0 Å². The summed E-state index contributed by atoms with van der Waals surface area (Å²) in [7, 11) is 0. The molecular weight excluding hydrogens is 192 g/mol. The van der Waals surface area contributed by atoms with Gasteiger partial charge >= 0.3 is 0 Å². The van der Waals surface area contributed by atoms with Crippen LogP contribution in [0, 0.1) is 29.6 Å². The molecule has 0 aliphatic heterocycles. The van der Waals surface area contributed by atoms with Gasteiger partial charge in [-0.05, 0) is 29.6 Å². The van der Waals surface area contributed by atoms with Gasteiger partial charge in [0.05, 0.1) is 0 Å². The van der Waals surface area contributed by atoms with Crippen LogP contribution in [0.2, 0.25) is 0 Å². The summed E-state index contributed by atoms with van der Waals surface area (Å²) >= 11 is 0. The van der Waals surface area contributed by atoms with Gasteiger partial charge in [0.25, 0.3) is 0 Å². The van der Waals surface area contributed by atoms with Gasteiger partial charge in [-0.2, -0.15) is 0 Å². The fourth-order valence-corrected chi connectivity index (χ4v) is 3.15. The highest BCUT2D eigenvalue weighted by Gasteiger charge is 2.28. The van der Waals surface area contributed by atoms with Gasteiger partial charge in [-0.3, -0.25) is 0 Å². The molecule has 0 N–H and O–H groups in total. The first-order valence-corrected chi connectivity index (χ1v) is 7.49. The largest absolute Gasteiger partial charge is 0.0654 e. The number of rotatable bonds is 8. The summed E-state index contributed by atoms with van der Waals surface area (Å²) in [4.78, 5) is 0. The molecule has 0 fully saturated rings. The molecule has 3 atom stereocenters. The van der Waals surface area contributed by atoms with Crippen LogP contribution >= 0.6 is 0 Å². The van der Waals surface area contributed by atoms with Crippen molar-refractivity contribution < 1.29 is 0 Å². The number of hydrogen-bond acceptors (Lipinski definition) is 0. The summed E-state index contributed by atoms with van der Waals surface area (Å²) in [6, 6.07) is 0. The normalized spacial score (nSPS) is 17.8. The monoisotopic (exact) mass is 226 g/mol. The molecule has 0 heterocycles. The van der Waals surface area contributed by atoms with E-state index in [1.807, 2.05) is 0 Å². The lowest BCUT2D eigenvalue weighted by molar-refractivity contribution is 0.137. The van der Waals surface area contributed by atoms with E-state index in [2.05, 4.69) is 48.5 Å². The number of hydrogen-bond donors (Lipinski definition) is 0. The molecule has 3 unspecified atom stereocenters. The lowest BCUT2D eigenvalue weighted by Gasteiger charge is -2.36. The van der Waals surface area contributed by atoms with E-state index in [4.69, 9.17) is 0 Å². The Bertz CT molecular complexity index is 155. The van der Waals surface area contributed by atoms with E-state index in [0.717, 1.165) is 29.6 Å². The van der Waals surface area contributed by atoms with Crippen LogP contribution in [0.25, 0.3) is 0 Å². The minimum Gasteiger partial charge on any atom is -0.0654 e. The highest BCUT2D eigenvalue weighted by molar-refractivity contribution is 4.78. The van der Waals surface area contributed by atoms with Gasteiger partial charge in [0, 0.05) is 0 Å². The van der Waals surface area contributed by atoms with Gasteiger partial charge in [0.15, 0.2) is 0 Å². The van der Waals surface area contributed by atoms with E-state index in [1.165, 1.54) is 25.7 Å². The second-order valence-corrected chi connectivity index (χ2v) is 5.99. The van der Waals surface area contributed by atoms with Crippen molar-refractivity contribution in [2.45, 2.75) is 74.1 Å². The Morgan fingerprint density at radius 1 is 0.750 bits per heavy atom. The lowest BCUT2D eigenvalue weighted by Crippen LogP contribution is -2.28. The fourth-order valence-electron chi connectivity index (χ4n) is 3.15.